The van der Waals surface area contributed by atoms with Gasteiger partial charge >= 0.3 is 0 Å². The molecule has 0 unspecified atom stereocenters. The van der Waals surface area contributed by atoms with Gasteiger partial charge in [-0.25, -0.2) is 0 Å². The van der Waals surface area contributed by atoms with Crippen LogP contribution in [0.2, 0.25) is 0 Å². The van der Waals surface area contributed by atoms with Crippen LogP contribution in [0, 0.1) is 0 Å². The molecule has 1 heterocycles. The molecule has 0 aliphatic heterocycles. The fourth-order valence-corrected chi connectivity index (χ4v) is 11.2. The molecule has 1 nitrogen and oxygen atoms in total. The number of benzene rings is 10. The van der Waals surface area contributed by atoms with E-state index < -0.39 is 0 Å². The Morgan fingerprint density at radius 1 is 0.377 bits per heavy atom. The van der Waals surface area contributed by atoms with Gasteiger partial charge in [-0.1, -0.05) is 178 Å². The third-order valence-corrected chi connectivity index (χ3v) is 14.2. The number of rotatable bonds is 6. The molecule has 11 aromatic rings. The molecule has 288 valence electrons. The van der Waals surface area contributed by atoms with Crippen molar-refractivity contribution in [3.63, 3.8) is 0 Å². The lowest BCUT2D eigenvalue weighted by Gasteiger charge is -2.30. The van der Waals surface area contributed by atoms with E-state index in [2.05, 4.69) is 231 Å². The normalized spacial score (nSPS) is 12.9. The lowest BCUT2D eigenvalue weighted by Crippen LogP contribution is -2.17. The zero-order valence-electron chi connectivity index (χ0n) is 34.1. The van der Waals surface area contributed by atoms with Crippen molar-refractivity contribution in [1.29, 1.82) is 0 Å². The van der Waals surface area contributed by atoms with Crippen LogP contribution < -0.4 is 4.90 Å². The largest absolute Gasteiger partial charge is 0.310 e. The monoisotopic (exact) mass is 795 g/mol. The number of nitrogens with zero attached hydrogens (tertiary/aromatic N) is 1. The summed E-state index contributed by atoms with van der Waals surface area (Å²) in [5, 5.41) is 7.63. The van der Waals surface area contributed by atoms with E-state index in [9.17, 15) is 0 Å². The van der Waals surface area contributed by atoms with Crippen molar-refractivity contribution in [3.05, 3.63) is 223 Å². The Labute approximate surface area is 360 Å². The molecule has 1 aliphatic rings. The summed E-state index contributed by atoms with van der Waals surface area (Å²) in [6, 6.07) is 78.8. The summed E-state index contributed by atoms with van der Waals surface area (Å²) in [6.45, 7) is 4.75. The van der Waals surface area contributed by atoms with Crippen LogP contribution >= 0.6 is 11.3 Å². The van der Waals surface area contributed by atoms with E-state index in [1.165, 1.54) is 97.4 Å². The Balaban J connectivity index is 1.13. The van der Waals surface area contributed by atoms with Crippen LogP contribution in [0.4, 0.5) is 17.1 Å². The minimum atomic E-state index is -0.150. The molecule has 1 aromatic heterocycles. The average Bonchev–Trinajstić information content (AvgIpc) is 3.81. The summed E-state index contributed by atoms with van der Waals surface area (Å²) in [5.74, 6) is 0. The number of anilines is 3. The van der Waals surface area contributed by atoms with Crippen molar-refractivity contribution in [1.82, 2.24) is 0 Å². The van der Waals surface area contributed by atoms with Crippen LogP contribution in [-0.4, -0.2) is 0 Å². The maximum Gasteiger partial charge on any atom is 0.0547 e. The highest BCUT2D eigenvalue weighted by Crippen LogP contribution is 2.53. The van der Waals surface area contributed by atoms with Crippen molar-refractivity contribution >= 4 is 70.1 Å². The summed E-state index contributed by atoms with van der Waals surface area (Å²) < 4.78 is 2.58. The standard InChI is InChI=1S/C59H41NS/c1-59(2)52-25-12-10-23-48(52)49-32-31-44(37-53(49)59)60(43-19-14-18-41(35-43)51-36-42-17-6-7-20-45(42)46-21-8-9-22-47(46)51)54-33-34-56-58(50-24-11-13-26-55(50)61-56)57(54)40-29-27-39(28-30-40)38-15-4-3-5-16-38/h3-37H,1-2H3. The Bertz CT molecular complexity index is 3500. The fraction of sp³-hybridized carbons (Fsp3) is 0.0508. The molecule has 2 heteroatoms. The van der Waals surface area contributed by atoms with Crippen molar-refractivity contribution in [3.8, 4) is 44.5 Å². The smallest absolute Gasteiger partial charge is 0.0547 e. The summed E-state index contributed by atoms with van der Waals surface area (Å²) in [4.78, 5) is 2.53. The van der Waals surface area contributed by atoms with Crippen LogP contribution in [0.5, 0.6) is 0 Å². The van der Waals surface area contributed by atoms with Crippen molar-refractivity contribution in [2.75, 3.05) is 4.90 Å². The Morgan fingerprint density at radius 2 is 1.02 bits per heavy atom. The molecule has 0 bridgehead atoms. The first-order chi connectivity index (χ1) is 30.0. The first kappa shape index (κ1) is 35.7. The first-order valence-corrected chi connectivity index (χ1v) is 22.0. The number of hydrogen-bond donors (Lipinski definition) is 0. The minimum absolute atomic E-state index is 0.150. The molecule has 0 N–H and O–H groups in total. The second kappa shape index (κ2) is 13.9. The van der Waals surface area contributed by atoms with Crippen molar-refractivity contribution in [2.45, 2.75) is 19.3 Å². The molecule has 10 aromatic carbocycles. The molecular weight excluding hydrogens is 755 g/mol. The van der Waals surface area contributed by atoms with Gasteiger partial charge in [0.15, 0.2) is 0 Å². The molecule has 0 saturated heterocycles. The predicted octanol–water partition coefficient (Wildman–Crippen LogP) is 17.1. The highest BCUT2D eigenvalue weighted by Gasteiger charge is 2.36. The van der Waals surface area contributed by atoms with Crippen molar-refractivity contribution < 1.29 is 0 Å². The maximum absolute atomic E-state index is 2.53. The molecule has 0 atom stereocenters. The number of fused-ring (bicyclic) bond motifs is 9. The molecule has 12 rings (SSSR count). The molecule has 1 aliphatic carbocycles. The third kappa shape index (κ3) is 5.67. The van der Waals surface area contributed by atoms with Crippen molar-refractivity contribution in [2.24, 2.45) is 0 Å². The Hall–Kier alpha value is -7.26. The van der Waals surface area contributed by atoms with Crippen LogP contribution in [-0.2, 0) is 5.41 Å². The van der Waals surface area contributed by atoms with Crippen LogP contribution in [0.15, 0.2) is 212 Å². The number of hydrogen-bond acceptors (Lipinski definition) is 2. The SMILES string of the molecule is CC1(C)c2ccccc2-c2ccc(N(c3cccc(-c4cc5ccccc5c5ccccc45)c3)c3ccc4sc5ccccc5c4c3-c3ccc(-c4ccccc4)cc3)cc21. The average molecular weight is 796 g/mol. The van der Waals surface area contributed by atoms with E-state index in [1.54, 1.807) is 0 Å². The lowest BCUT2D eigenvalue weighted by atomic mass is 9.82. The van der Waals surface area contributed by atoms with E-state index in [1.807, 2.05) is 11.3 Å². The molecular formula is C59H41NS. The predicted molar refractivity (Wildman–Crippen MR) is 263 cm³/mol. The van der Waals surface area contributed by atoms with Gasteiger partial charge in [-0.05, 0) is 120 Å². The third-order valence-electron chi connectivity index (χ3n) is 13.1. The zero-order valence-corrected chi connectivity index (χ0v) is 34.9. The minimum Gasteiger partial charge on any atom is -0.310 e. The Morgan fingerprint density at radius 3 is 1.87 bits per heavy atom. The van der Waals surface area contributed by atoms with Gasteiger partial charge in [0.25, 0.3) is 0 Å². The summed E-state index contributed by atoms with van der Waals surface area (Å²) in [7, 11) is 0. The van der Waals surface area contributed by atoms with Gasteiger partial charge < -0.3 is 4.90 Å². The van der Waals surface area contributed by atoms with Crippen LogP contribution in [0.1, 0.15) is 25.0 Å². The zero-order chi connectivity index (χ0) is 40.7. The van der Waals surface area contributed by atoms with Crippen LogP contribution in [0.25, 0.3) is 86.2 Å². The molecule has 0 fully saturated rings. The van der Waals surface area contributed by atoms with Gasteiger partial charge in [0, 0.05) is 42.5 Å². The summed E-state index contributed by atoms with van der Waals surface area (Å²) >= 11 is 1.87. The van der Waals surface area contributed by atoms with Crippen LogP contribution in [0.3, 0.4) is 0 Å². The highest BCUT2D eigenvalue weighted by atomic mass is 32.1. The van der Waals surface area contributed by atoms with Gasteiger partial charge in [-0.15, -0.1) is 11.3 Å². The molecule has 0 amide bonds. The second-order valence-corrected chi connectivity index (χ2v) is 17.9. The highest BCUT2D eigenvalue weighted by molar-refractivity contribution is 7.26. The topological polar surface area (TPSA) is 3.24 Å². The molecule has 61 heavy (non-hydrogen) atoms. The van der Waals surface area contributed by atoms with Gasteiger partial charge in [0.05, 0.1) is 5.69 Å². The Kier molecular flexibility index (Phi) is 8.13. The first-order valence-electron chi connectivity index (χ1n) is 21.2. The van der Waals surface area contributed by atoms with E-state index in [4.69, 9.17) is 0 Å². The number of thiophene rings is 1. The van der Waals surface area contributed by atoms with Gasteiger partial charge in [0.1, 0.15) is 0 Å². The lowest BCUT2D eigenvalue weighted by molar-refractivity contribution is 0.660. The quantitative estimate of drug-likeness (QED) is 0.152. The molecule has 0 saturated carbocycles. The fourth-order valence-electron chi connectivity index (χ4n) is 10.1. The van der Waals surface area contributed by atoms with E-state index >= 15 is 0 Å². The van der Waals surface area contributed by atoms with E-state index in [0.717, 1.165) is 17.1 Å². The second-order valence-electron chi connectivity index (χ2n) is 16.9. The summed E-state index contributed by atoms with van der Waals surface area (Å²) in [6.07, 6.45) is 0. The van der Waals surface area contributed by atoms with E-state index in [0.29, 0.717) is 0 Å². The van der Waals surface area contributed by atoms with E-state index in [-0.39, 0.29) is 5.41 Å². The maximum atomic E-state index is 2.53. The van der Waals surface area contributed by atoms with Gasteiger partial charge in [-0.3, -0.25) is 0 Å². The molecule has 0 radical (unpaired) electrons. The van der Waals surface area contributed by atoms with Gasteiger partial charge in [-0.2, -0.15) is 0 Å². The summed E-state index contributed by atoms with van der Waals surface area (Å²) in [5.41, 5.74) is 15.9. The van der Waals surface area contributed by atoms with Gasteiger partial charge in [0.2, 0.25) is 0 Å². The molecule has 0 spiro atoms.